The van der Waals surface area contributed by atoms with E-state index >= 15 is 0 Å². The Morgan fingerprint density at radius 2 is 1.74 bits per heavy atom. The van der Waals surface area contributed by atoms with Crippen molar-refractivity contribution >= 4 is 21.8 Å². The fraction of sp³-hybridized carbons (Fsp3) is 0.682. The van der Waals surface area contributed by atoms with Gasteiger partial charge in [0.2, 0.25) is 5.91 Å². The first-order valence-electron chi connectivity index (χ1n) is 10.4. The number of amides is 1. The zero-order valence-electron chi connectivity index (χ0n) is 16.4. The van der Waals surface area contributed by atoms with Crippen LogP contribution in [-0.2, 0) is 9.53 Å². The molecule has 27 heavy (non-hydrogen) atoms. The van der Waals surface area contributed by atoms with E-state index in [4.69, 9.17) is 4.74 Å². The average molecular weight is 435 g/mol. The van der Waals surface area contributed by atoms with Crippen LogP contribution in [0.1, 0.15) is 44.6 Å². The Hall–Kier alpha value is -0.910. The van der Waals surface area contributed by atoms with Crippen molar-refractivity contribution in [2.45, 2.75) is 51.2 Å². The quantitative estimate of drug-likeness (QED) is 0.719. The highest BCUT2D eigenvalue weighted by Crippen LogP contribution is 2.48. The van der Waals surface area contributed by atoms with Gasteiger partial charge < -0.3 is 9.64 Å². The van der Waals surface area contributed by atoms with Crippen LogP contribution in [-0.4, -0.2) is 60.6 Å². The first-order valence-corrected chi connectivity index (χ1v) is 11.2. The molecular formula is C22H31BrN2O2. The summed E-state index contributed by atoms with van der Waals surface area (Å²) in [6, 6.07) is 8.46. The fourth-order valence-electron chi connectivity index (χ4n) is 4.92. The van der Waals surface area contributed by atoms with E-state index in [-0.39, 0.29) is 5.92 Å². The number of ether oxygens (including phenoxy) is 1. The van der Waals surface area contributed by atoms with Crippen molar-refractivity contribution in [2.24, 2.45) is 11.8 Å². The smallest absolute Gasteiger partial charge is 0.226 e. The number of benzene rings is 1. The lowest BCUT2D eigenvalue weighted by Crippen LogP contribution is -2.48. The lowest BCUT2D eigenvalue weighted by Gasteiger charge is -2.39. The predicted octanol–water partition coefficient (Wildman–Crippen LogP) is 3.90. The maximum atomic E-state index is 12.9. The normalized spacial score (nSPS) is 32.5. The third-order valence-corrected chi connectivity index (χ3v) is 6.87. The monoisotopic (exact) mass is 434 g/mol. The van der Waals surface area contributed by atoms with Gasteiger partial charge in [0.1, 0.15) is 0 Å². The molecule has 4 unspecified atom stereocenters. The first-order chi connectivity index (χ1) is 13.0. The lowest BCUT2D eigenvalue weighted by atomic mass is 9.95. The summed E-state index contributed by atoms with van der Waals surface area (Å²) in [5.41, 5.74) is 1.31. The van der Waals surface area contributed by atoms with Crippen molar-refractivity contribution < 1.29 is 9.53 Å². The number of hydrogen-bond donors (Lipinski definition) is 0. The van der Waals surface area contributed by atoms with Crippen molar-refractivity contribution in [3.63, 3.8) is 0 Å². The molecule has 0 spiro atoms. The molecule has 3 aliphatic rings. The zero-order valence-corrected chi connectivity index (χ0v) is 18.0. The third-order valence-electron chi connectivity index (χ3n) is 6.34. The summed E-state index contributed by atoms with van der Waals surface area (Å²) >= 11 is 3.48. The number of halogens is 1. The minimum atomic E-state index is 0.212. The maximum absolute atomic E-state index is 12.9. The molecule has 2 saturated heterocycles. The molecule has 3 fully saturated rings. The summed E-state index contributed by atoms with van der Waals surface area (Å²) in [7, 11) is 0. The molecule has 0 aromatic heterocycles. The Morgan fingerprint density at radius 3 is 2.37 bits per heavy atom. The van der Waals surface area contributed by atoms with E-state index in [2.05, 4.69) is 63.8 Å². The Bertz CT molecular complexity index is 647. The molecule has 4 rings (SSSR count). The molecule has 1 aliphatic carbocycles. The van der Waals surface area contributed by atoms with Gasteiger partial charge in [-0.05, 0) is 62.6 Å². The SMILES string of the molecule is CC1CN(CC2CCN(C(=O)C3CC3c3ccc(Br)cc3)CC2)CC(C)O1. The van der Waals surface area contributed by atoms with E-state index in [0.717, 1.165) is 56.5 Å². The van der Waals surface area contributed by atoms with Crippen LogP contribution in [0.5, 0.6) is 0 Å². The Labute approximate surface area is 171 Å². The molecule has 0 radical (unpaired) electrons. The summed E-state index contributed by atoms with van der Waals surface area (Å²) < 4.78 is 6.94. The predicted molar refractivity (Wildman–Crippen MR) is 111 cm³/mol. The number of carbonyl (C=O) groups is 1. The summed E-state index contributed by atoms with van der Waals surface area (Å²) in [6.45, 7) is 9.44. The van der Waals surface area contributed by atoms with Gasteiger partial charge in [0.15, 0.2) is 0 Å². The van der Waals surface area contributed by atoms with Crippen molar-refractivity contribution in [3.05, 3.63) is 34.3 Å². The molecule has 4 atom stereocenters. The van der Waals surface area contributed by atoms with Gasteiger partial charge in [0, 0.05) is 43.1 Å². The second kappa shape index (κ2) is 8.22. The number of piperidine rings is 1. The van der Waals surface area contributed by atoms with Crippen LogP contribution in [0.2, 0.25) is 0 Å². The molecule has 1 aromatic rings. The Balaban J connectivity index is 1.23. The highest BCUT2D eigenvalue weighted by Gasteiger charge is 2.46. The van der Waals surface area contributed by atoms with Crippen molar-refractivity contribution in [3.8, 4) is 0 Å². The zero-order chi connectivity index (χ0) is 19.0. The van der Waals surface area contributed by atoms with Gasteiger partial charge in [-0.3, -0.25) is 9.69 Å². The summed E-state index contributed by atoms with van der Waals surface area (Å²) in [6.07, 6.45) is 3.97. The molecule has 1 saturated carbocycles. The van der Waals surface area contributed by atoms with Gasteiger partial charge in [-0.1, -0.05) is 28.1 Å². The first kappa shape index (κ1) is 19.4. The summed E-state index contributed by atoms with van der Waals surface area (Å²) in [4.78, 5) is 17.6. The molecule has 1 aromatic carbocycles. The average Bonchev–Trinajstić information content (AvgIpc) is 3.42. The van der Waals surface area contributed by atoms with E-state index in [1.54, 1.807) is 0 Å². The van der Waals surface area contributed by atoms with Gasteiger partial charge in [0.05, 0.1) is 12.2 Å². The van der Waals surface area contributed by atoms with Crippen LogP contribution >= 0.6 is 15.9 Å². The van der Waals surface area contributed by atoms with Crippen molar-refractivity contribution in [2.75, 3.05) is 32.7 Å². The van der Waals surface area contributed by atoms with E-state index in [9.17, 15) is 4.79 Å². The van der Waals surface area contributed by atoms with E-state index < -0.39 is 0 Å². The molecule has 5 heteroatoms. The van der Waals surface area contributed by atoms with Crippen LogP contribution < -0.4 is 0 Å². The highest BCUT2D eigenvalue weighted by molar-refractivity contribution is 9.10. The minimum absolute atomic E-state index is 0.212. The molecule has 2 aliphatic heterocycles. The van der Waals surface area contributed by atoms with Crippen molar-refractivity contribution in [1.29, 1.82) is 0 Å². The highest BCUT2D eigenvalue weighted by atomic mass is 79.9. The topological polar surface area (TPSA) is 32.8 Å². The maximum Gasteiger partial charge on any atom is 0.226 e. The van der Waals surface area contributed by atoms with Gasteiger partial charge in [-0.2, -0.15) is 0 Å². The van der Waals surface area contributed by atoms with E-state index in [0.29, 0.717) is 30.0 Å². The standard InChI is InChI=1S/C22H31BrN2O2/c1-15-12-24(13-16(2)27-15)14-17-7-9-25(10-8-17)22(26)21-11-20(21)18-3-5-19(23)6-4-18/h3-6,15-17,20-21H,7-14H2,1-2H3. The molecule has 1 amide bonds. The van der Waals surface area contributed by atoms with Crippen LogP contribution in [0.4, 0.5) is 0 Å². The van der Waals surface area contributed by atoms with Crippen molar-refractivity contribution in [1.82, 2.24) is 9.80 Å². The molecular weight excluding hydrogens is 404 g/mol. The molecule has 2 heterocycles. The number of hydrogen-bond acceptors (Lipinski definition) is 3. The molecule has 148 valence electrons. The number of rotatable bonds is 4. The Kier molecular flexibility index (Phi) is 5.91. The van der Waals surface area contributed by atoms with Crippen LogP contribution in [0.15, 0.2) is 28.7 Å². The molecule has 0 N–H and O–H groups in total. The van der Waals surface area contributed by atoms with Crippen LogP contribution in [0, 0.1) is 11.8 Å². The molecule has 0 bridgehead atoms. The van der Waals surface area contributed by atoms with E-state index in [1.807, 2.05) is 0 Å². The van der Waals surface area contributed by atoms with Gasteiger partial charge >= 0.3 is 0 Å². The molecule has 4 nitrogen and oxygen atoms in total. The largest absolute Gasteiger partial charge is 0.373 e. The summed E-state index contributed by atoms with van der Waals surface area (Å²) in [5, 5.41) is 0. The Morgan fingerprint density at radius 1 is 1.11 bits per heavy atom. The number of morpholine rings is 1. The van der Waals surface area contributed by atoms with Gasteiger partial charge in [-0.15, -0.1) is 0 Å². The third kappa shape index (κ3) is 4.75. The number of nitrogens with zero attached hydrogens (tertiary/aromatic N) is 2. The van der Waals surface area contributed by atoms with Gasteiger partial charge in [-0.25, -0.2) is 0 Å². The van der Waals surface area contributed by atoms with Crippen LogP contribution in [0.25, 0.3) is 0 Å². The van der Waals surface area contributed by atoms with Crippen LogP contribution in [0.3, 0.4) is 0 Å². The second-order valence-corrected chi connectivity index (χ2v) is 9.66. The minimum Gasteiger partial charge on any atom is -0.373 e. The van der Waals surface area contributed by atoms with Gasteiger partial charge in [0.25, 0.3) is 0 Å². The number of likely N-dealkylation sites (tertiary alicyclic amines) is 1. The lowest BCUT2D eigenvalue weighted by molar-refractivity contribution is -0.134. The number of carbonyl (C=O) groups excluding carboxylic acids is 1. The van der Waals surface area contributed by atoms with E-state index in [1.165, 1.54) is 5.56 Å². The fourth-order valence-corrected chi connectivity index (χ4v) is 5.18. The second-order valence-electron chi connectivity index (χ2n) is 8.74. The summed E-state index contributed by atoms with van der Waals surface area (Å²) in [5.74, 6) is 1.74.